The molecular formula is C25H22FN3O3S. The predicted octanol–water partition coefficient (Wildman–Crippen LogP) is 1.96. The van der Waals surface area contributed by atoms with E-state index in [4.69, 9.17) is 4.74 Å². The summed E-state index contributed by atoms with van der Waals surface area (Å²) in [5.74, 6) is -0.794. The van der Waals surface area contributed by atoms with Gasteiger partial charge in [0, 0.05) is 13.1 Å². The molecule has 0 atom stereocenters. The summed E-state index contributed by atoms with van der Waals surface area (Å²) in [5.41, 5.74) is 1.90. The fourth-order valence-electron chi connectivity index (χ4n) is 3.59. The molecule has 0 bridgehead atoms. The Morgan fingerprint density at radius 3 is 2.42 bits per heavy atom. The van der Waals surface area contributed by atoms with E-state index in [1.807, 2.05) is 37.3 Å². The van der Waals surface area contributed by atoms with Gasteiger partial charge in [0.1, 0.15) is 16.5 Å². The van der Waals surface area contributed by atoms with Crippen LogP contribution in [0.15, 0.2) is 53.3 Å². The molecule has 0 unspecified atom stereocenters. The number of amides is 1. The van der Waals surface area contributed by atoms with Crippen molar-refractivity contribution in [2.75, 3.05) is 26.3 Å². The second kappa shape index (κ2) is 9.94. The van der Waals surface area contributed by atoms with Crippen molar-refractivity contribution in [3.63, 3.8) is 0 Å². The van der Waals surface area contributed by atoms with Crippen LogP contribution < -0.4 is 14.8 Å². The summed E-state index contributed by atoms with van der Waals surface area (Å²) < 4.78 is 20.7. The second-order valence-corrected chi connectivity index (χ2v) is 8.55. The van der Waals surface area contributed by atoms with Crippen molar-refractivity contribution in [2.24, 2.45) is 0 Å². The number of thiazole rings is 1. The number of ether oxygens (including phenoxy) is 1. The minimum Gasteiger partial charge on any atom is -0.378 e. The van der Waals surface area contributed by atoms with Gasteiger partial charge in [0.25, 0.3) is 11.5 Å². The van der Waals surface area contributed by atoms with E-state index in [1.165, 1.54) is 16.7 Å². The highest BCUT2D eigenvalue weighted by molar-refractivity contribution is 7.07. The van der Waals surface area contributed by atoms with Gasteiger partial charge in [-0.15, -0.1) is 11.3 Å². The van der Waals surface area contributed by atoms with Crippen molar-refractivity contribution >= 4 is 28.9 Å². The molecule has 1 amide bonds. The van der Waals surface area contributed by atoms with E-state index in [0.717, 1.165) is 23.3 Å². The van der Waals surface area contributed by atoms with Gasteiger partial charge in [0.15, 0.2) is 5.57 Å². The quantitative estimate of drug-likeness (QED) is 0.593. The van der Waals surface area contributed by atoms with E-state index < -0.39 is 5.91 Å². The molecule has 1 aliphatic rings. The van der Waals surface area contributed by atoms with Gasteiger partial charge in [-0.1, -0.05) is 31.2 Å². The summed E-state index contributed by atoms with van der Waals surface area (Å²) >= 11 is 1.08. The van der Waals surface area contributed by atoms with Gasteiger partial charge in [-0.25, -0.2) is 4.39 Å². The molecule has 1 saturated heterocycles. The number of rotatable bonds is 4. The lowest BCUT2D eigenvalue weighted by atomic mass is 10.1. The number of aryl methyl sites for hydroxylation is 1. The molecule has 1 aliphatic heterocycles. The molecule has 0 spiro atoms. The highest BCUT2D eigenvalue weighted by Gasteiger charge is 2.24. The van der Waals surface area contributed by atoms with E-state index in [9.17, 15) is 19.2 Å². The number of halogens is 1. The minimum atomic E-state index is -0.422. The first-order valence-electron chi connectivity index (χ1n) is 10.6. The van der Waals surface area contributed by atoms with Crippen molar-refractivity contribution in [2.45, 2.75) is 13.3 Å². The van der Waals surface area contributed by atoms with E-state index in [2.05, 4.69) is 0 Å². The lowest BCUT2D eigenvalue weighted by molar-refractivity contribution is -0.128. The molecule has 8 heteroatoms. The molecule has 6 nitrogen and oxygen atoms in total. The molecule has 1 fully saturated rings. The van der Waals surface area contributed by atoms with Crippen LogP contribution in [0.3, 0.4) is 0 Å². The van der Waals surface area contributed by atoms with Gasteiger partial charge in [-0.3, -0.25) is 14.2 Å². The van der Waals surface area contributed by atoms with Gasteiger partial charge in [-0.05, 0) is 47.9 Å². The maximum absolute atomic E-state index is 13.4. The molecule has 0 aliphatic carbocycles. The fraction of sp³-hybridized carbons (Fsp3) is 0.240. The molecule has 0 saturated carbocycles. The van der Waals surface area contributed by atoms with Crippen molar-refractivity contribution in [3.05, 3.63) is 85.0 Å². The van der Waals surface area contributed by atoms with Gasteiger partial charge >= 0.3 is 0 Å². The Balaban J connectivity index is 1.96. The molecular weight excluding hydrogens is 441 g/mol. The molecule has 0 radical (unpaired) electrons. The number of nitrogens with zero attached hydrogens (tertiary/aromatic N) is 3. The Morgan fingerprint density at radius 2 is 1.82 bits per heavy atom. The zero-order valence-electron chi connectivity index (χ0n) is 18.1. The van der Waals surface area contributed by atoms with Crippen LogP contribution >= 0.6 is 11.3 Å². The van der Waals surface area contributed by atoms with Crippen LogP contribution in [0.4, 0.5) is 4.39 Å². The molecule has 2 aromatic carbocycles. The summed E-state index contributed by atoms with van der Waals surface area (Å²) in [7, 11) is 0. The highest BCUT2D eigenvalue weighted by Crippen LogP contribution is 2.10. The third-order valence-corrected chi connectivity index (χ3v) is 6.52. The third-order valence-electron chi connectivity index (χ3n) is 5.43. The van der Waals surface area contributed by atoms with E-state index in [0.29, 0.717) is 42.1 Å². The fourth-order valence-corrected chi connectivity index (χ4v) is 4.68. The first-order chi connectivity index (χ1) is 16.0. The maximum atomic E-state index is 13.4. The topological polar surface area (TPSA) is 75.3 Å². The first-order valence-corrected chi connectivity index (χ1v) is 11.4. The van der Waals surface area contributed by atoms with E-state index in [1.54, 1.807) is 23.1 Å². The Labute approximate surface area is 194 Å². The van der Waals surface area contributed by atoms with E-state index >= 15 is 0 Å². The molecule has 1 aromatic heterocycles. The second-order valence-electron chi connectivity index (χ2n) is 7.52. The molecule has 33 heavy (non-hydrogen) atoms. The van der Waals surface area contributed by atoms with Crippen molar-refractivity contribution in [1.82, 2.24) is 9.47 Å². The minimum absolute atomic E-state index is 0.0858. The molecule has 3 aromatic rings. The number of carbonyl (C=O) groups excluding carboxylic acids is 1. The summed E-state index contributed by atoms with van der Waals surface area (Å²) in [5, 5.41) is 9.93. The lowest BCUT2D eigenvalue weighted by Crippen LogP contribution is -2.42. The van der Waals surface area contributed by atoms with Crippen LogP contribution in [0.25, 0.3) is 17.3 Å². The standard InChI is InChI=1S/C25H22FN3O3S/c1-2-17-5-9-20(10-6-17)29-24(31)22(15-18-3-7-19(26)8-4-18)33-25(29)21(16-27)23(30)28-11-13-32-14-12-28/h3-10,15H,2,11-14H2,1H3/b22-15+,25-21-. The lowest BCUT2D eigenvalue weighted by Gasteiger charge is -2.26. The van der Waals surface area contributed by atoms with Crippen molar-refractivity contribution in [1.29, 1.82) is 5.26 Å². The number of hydrogen-bond donors (Lipinski definition) is 0. The van der Waals surface area contributed by atoms with Gasteiger partial charge in [-0.2, -0.15) is 5.26 Å². The Kier molecular flexibility index (Phi) is 6.82. The molecule has 4 rings (SSSR count). The SMILES string of the molecule is CCc1ccc(-n2c(=O)/c(=C\c3ccc(F)cc3)s/c2=C(/C#N)C(=O)N2CCOCC2)cc1. The number of nitriles is 1. The number of benzene rings is 2. The van der Waals surface area contributed by atoms with Crippen LogP contribution in [-0.4, -0.2) is 41.7 Å². The number of aromatic nitrogens is 1. The average Bonchev–Trinajstić information content (AvgIpc) is 3.17. The largest absolute Gasteiger partial charge is 0.378 e. The van der Waals surface area contributed by atoms with Crippen LogP contribution in [-0.2, 0) is 16.0 Å². The van der Waals surface area contributed by atoms with Crippen LogP contribution in [0.1, 0.15) is 18.1 Å². The zero-order valence-corrected chi connectivity index (χ0v) is 18.9. The molecule has 2 heterocycles. The smallest absolute Gasteiger partial charge is 0.273 e. The highest BCUT2D eigenvalue weighted by atomic mass is 32.1. The van der Waals surface area contributed by atoms with Gasteiger partial charge < -0.3 is 9.64 Å². The Hall–Kier alpha value is -3.54. The predicted molar refractivity (Wildman–Crippen MR) is 125 cm³/mol. The zero-order chi connectivity index (χ0) is 23.4. The van der Waals surface area contributed by atoms with Gasteiger partial charge in [0.2, 0.25) is 0 Å². The Morgan fingerprint density at radius 1 is 1.15 bits per heavy atom. The monoisotopic (exact) mass is 463 g/mol. The van der Waals surface area contributed by atoms with Gasteiger partial charge in [0.05, 0.1) is 23.4 Å². The summed E-state index contributed by atoms with van der Waals surface area (Å²) in [6.45, 7) is 3.63. The number of morpholine rings is 1. The third kappa shape index (κ3) is 4.80. The summed E-state index contributed by atoms with van der Waals surface area (Å²) in [6.07, 6.45) is 2.49. The van der Waals surface area contributed by atoms with Crippen LogP contribution in [0.2, 0.25) is 0 Å². The van der Waals surface area contributed by atoms with E-state index in [-0.39, 0.29) is 21.6 Å². The first kappa shape index (κ1) is 22.6. The number of carbonyl (C=O) groups is 1. The average molecular weight is 464 g/mol. The summed E-state index contributed by atoms with van der Waals surface area (Å²) in [4.78, 5) is 28.2. The Bertz CT molecular complexity index is 1380. The molecule has 168 valence electrons. The molecule has 0 N–H and O–H groups in total. The van der Waals surface area contributed by atoms with Crippen molar-refractivity contribution < 1.29 is 13.9 Å². The van der Waals surface area contributed by atoms with Crippen LogP contribution in [0, 0.1) is 17.1 Å². The van der Waals surface area contributed by atoms with Crippen molar-refractivity contribution in [3.8, 4) is 11.8 Å². The van der Waals surface area contributed by atoms with Crippen LogP contribution in [0.5, 0.6) is 0 Å². The summed E-state index contributed by atoms with van der Waals surface area (Å²) in [6, 6.07) is 15.3. The maximum Gasteiger partial charge on any atom is 0.273 e. The normalized spacial score (nSPS) is 15.3. The number of hydrogen-bond acceptors (Lipinski definition) is 5.